The highest BCUT2D eigenvalue weighted by atomic mass is 35.5. The van der Waals surface area contributed by atoms with Crippen LogP contribution in [0.25, 0.3) is 0 Å². The van der Waals surface area contributed by atoms with Crippen LogP contribution in [0, 0.1) is 10.1 Å². The molecule has 2 N–H and O–H groups in total. The minimum Gasteiger partial charge on any atom is -0.493 e. The molecule has 0 saturated carbocycles. The maximum Gasteiger partial charge on any atom is 0.276 e. The van der Waals surface area contributed by atoms with Crippen molar-refractivity contribution < 1.29 is 19.2 Å². The van der Waals surface area contributed by atoms with Gasteiger partial charge in [-0.15, -0.1) is 12.4 Å². The number of benzene rings is 1. The lowest BCUT2D eigenvalue weighted by molar-refractivity contribution is -0.385. The van der Waals surface area contributed by atoms with Gasteiger partial charge < -0.3 is 20.1 Å². The molecule has 9 heteroatoms. The Morgan fingerprint density at radius 1 is 1.22 bits per heavy atom. The zero-order valence-electron chi connectivity index (χ0n) is 13.4. The summed E-state index contributed by atoms with van der Waals surface area (Å²) >= 11 is 0. The topological polar surface area (TPSA) is 103 Å². The van der Waals surface area contributed by atoms with Crippen LogP contribution >= 0.6 is 12.4 Å². The van der Waals surface area contributed by atoms with Crippen molar-refractivity contribution in [2.24, 2.45) is 0 Å². The molecule has 0 radical (unpaired) electrons. The Morgan fingerprint density at radius 2 is 1.83 bits per heavy atom. The van der Waals surface area contributed by atoms with E-state index in [0.717, 1.165) is 0 Å². The number of ether oxygens (including phenoxy) is 2. The summed E-state index contributed by atoms with van der Waals surface area (Å²) in [5.74, 6) is 0.623. The average molecular weight is 348 g/mol. The summed E-state index contributed by atoms with van der Waals surface area (Å²) in [6.45, 7) is 0.904. The molecule has 0 saturated heterocycles. The van der Waals surface area contributed by atoms with Crippen LogP contribution in [0.3, 0.4) is 0 Å². The number of methoxy groups -OCH3 is 2. The smallest absolute Gasteiger partial charge is 0.276 e. The zero-order valence-corrected chi connectivity index (χ0v) is 14.2. The van der Waals surface area contributed by atoms with E-state index >= 15 is 0 Å². The first kappa shape index (κ1) is 20.9. The number of rotatable bonds is 9. The second kappa shape index (κ2) is 10.6. The van der Waals surface area contributed by atoms with Crippen LogP contribution in [0.4, 0.5) is 5.69 Å². The van der Waals surface area contributed by atoms with Crippen LogP contribution in [-0.2, 0) is 11.2 Å². The molecule has 1 aromatic carbocycles. The van der Waals surface area contributed by atoms with Crippen molar-refractivity contribution in [3.63, 3.8) is 0 Å². The number of nitrogens with one attached hydrogen (secondary N) is 2. The molecular weight excluding hydrogens is 326 g/mol. The first-order valence-electron chi connectivity index (χ1n) is 6.84. The molecule has 23 heavy (non-hydrogen) atoms. The molecule has 0 aliphatic heterocycles. The van der Waals surface area contributed by atoms with Gasteiger partial charge in [-0.25, -0.2) is 0 Å². The molecule has 0 unspecified atom stereocenters. The third kappa shape index (κ3) is 6.29. The number of carbonyl (C=O) groups excluding carboxylic acids is 1. The van der Waals surface area contributed by atoms with E-state index in [1.54, 1.807) is 13.1 Å². The van der Waals surface area contributed by atoms with Crippen molar-refractivity contribution in [2.45, 2.75) is 12.8 Å². The lowest BCUT2D eigenvalue weighted by atomic mass is 10.1. The van der Waals surface area contributed by atoms with Crippen LogP contribution in [0.5, 0.6) is 11.5 Å². The molecular formula is C14H22ClN3O5. The second-order valence-electron chi connectivity index (χ2n) is 4.55. The third-order valence-electron chi connectivity index (χ3n) is 3.10. The summed E-state index contributed by atoms with van der Waals surface area (Å²) in [5.41, 5.74) is 0.429. The fourth-order valence-electron chi connectivity index (χ4n) is 1.94. The summed E-state index contributed by atoms with van der Waals surface area (Å²) in [6, 6.07) is 2.90. The van der Waals surface area contributed by atoms with Crippen LogP contribution in [0.15, 0.2) is 12.1 Å². The van der Waals surface area contributed by atoms with Gasteiger partial charge in [-0.1, -0.05) is 0 Å². The van der Waals surface area contributed by atoms with Crippen LogP contribution < -0.4 is 20.1 Å². The number of nitrogens with zero attached hydrogens (tertiary/aromatic N) is 1. The van der Waals surface area contributed by atoms with Gasteiger partial charge in [-0.2, -0.15) is 0 Å². The van der Waals surface area contributed by atoms with E-state index in [1.165, 1.54) is 20.3 Å². The summed E-state index contributed by atoms with van der Waals surface area (Å²) in [6.07, 6.45) is 0.701. The first-order valence-corrected chi connectivity index (χ1v) is 6.84. The Labute approximate surface area is 141 Å². The normalized spacial score (nSPS) is 9.70. The van der Waals surface area contributed by atoms with E-state index in [1.807, 2.05) is 0 Å². The number of nitro groups is 1. The third-order valence-corrected chi connectivity index (χ3v) is 3.10. The number of amides is 1. The maximum atomic E-state index is 11.5. The zero-order chi connectivity index (χ0) is 16.5. The second-order valence-corrected chi connectivity index (χ2v) is 4.55. The van der Waals surface area contributed by atoms with E-state index in [2.05, 4.69) is 10.6 Å². The van der Waals surface area contributed by atoms with E-state index in [0.29, 0.717) is 43.0 Å². The summed E-state index contributed by atoms with van der Waals surface area (Å²) in [7, 11) is 4.65. The van der Waals surface area contributed by atoms with Crippen molar-refractivity contribution in [1.29, 1.82) is 0 Å². The van der Waals surface area contributed by atoms with Crippen molar-refractivity contribution >= 4 is 24.0 Å². The molecule has 0 spiro atoms. The predicted octanol–water partition coefficient (Wildman–Crippen LogP) is 1.30. The highest BCUT2D eigenvalue weighted by Gasteiger charge is 2.19. The molecule has 0 atom stereocenters. The number of hydrogen-bond acceptors (Lipinski definition) is 6. The minimum atomic E-state index is -0.472. The predicted molar refractivity (Wildman–Crippen MR) is 88.7 cm³/mol. The first-order chi connectivity index (χ1) is 10.5. The van der Waals surface area contributed by atoms with Crippen molar-refractivity contribution in [3.05, 3.63) is 27.8 Å². The average Bonchev–Trinajstić information content (AvgIpc) is 2.51. The van der Waals surface area contributed by atoms with E-state index in [-0.39, 0.29) is 24.0 Å². The van der Waals surface area contributed by atoms with Gasteiger partial charge in [0.15, 0.2) is 11.5 Å². The quantitative estimate of drug-likeness (QED) is 0.515. The Morgan fingerprint density at radius 3 is 2.35 bits per heavy atom. The standard InChI is InChI=1S/C14H21N3O5.ClH/c1-15-6-5-14(18)16-7-4-10-8-12(21-2)13(22-3)9-11(10)17(19)20;/h8-9,15H,4-7H2,1-3H3,(H,16,18);1H. The summed E-state index contributed by atoms with van der Waals surface area (Å²) < 4.78 is 10.2. The molecule has 1 aromatic rings. The molecule has 0 aromatic heterocycles. The fraction of sp³-hybridized carbons (Fsp3) is 0.500. The SMILES string of the molecule is CNCCC(=O)NCCc1cc(OC)c(OC)cc1[N+](=O)[O-].Cl. The van der Waals surface area contributed by atoms with Gasteiger partial charge in [-0.3, -0.25) is 14.9 Å². The Balaban J connectivity index is 0.00000484. The number of hydrogen-bond donors (Lipinski definition) is 2. The molecule has 0 aliphatic rings. The van der Waals surface area contributed by atoms with Crippen molar-refractivity contribution in [3.8, 4) is 11.5 Å². The maximum absolute atomic E-state index is 11.5. The molecule has 1 rings (SSSR count). The number of halogens is 1. The van der Waals surface area contributed by atoms with Crippen molar-refractivity contribution in [1.82, 2.24) is 10.6 Å². The summed E-state index contributed by atoms with van der Waals surface area (Å²) in [4.78, 5) is 22.2. The highest BCUT2D eigenvalue weighted by molar-refractivity contribution is 5.85. The monoisotopic (exact) mass is 347 g/mol. The minimum absolute atomic E-state index is 0. The van der Waals surface area contributed by atoms with Crippen molar-refractivity contribution in [2.75, 3.05) is 34.4 Å². The van der Waals surface area contributed by atoms with Gasteiger partial charge in [0.25, 0.3) is 5.69 Å². The van der Waals surface area contributed by atoms with Gasteiger partial charge in [0, 0.05) is 25.1 Å². The lowest BCUT2D eigenvalue weighted by Crippen LogP contribution is -2.28. The van der Waals surface area contributed by atoms with Gasteiger partial charge in [0.05, 0.1) is 25.2 Å². The van der Waals surface area contributed by atoms with Crippen LogP contribution in [0.2, 0.25) is 0 Å². The van der Waals surface area contributed by atoms with Crippen LogP contribution in [-0.4, -0.2) is 45.2 Å². The molecule has 0 bridgehead atoms. The molecule has 0 heterocycles. The van der Waals surface area contributed by atoms with E-state index in [9.17, 15) is 14.9 Å². The molecule has 8 nitrogen and oxygen atoms in total. The van der Waals surface area contributed by atoms with Gasteiger partial charge >= 0.3 is 0 Å². The lowest BCUT2D eigenvalue weighted by Gasteiger charge is -2.11. The largest absolute Gasteiger partial charge is 0.493 e. The Bertz CT molecular complexity index is 539. The highest BCUT2D eigenvalue weighted by Crippen LogP contribution is 2.34. The van der Waals surface area contributed by atoms with E-state index in [4.69, 9.17) is 9.47 Å². The van der Waals surface area contributed by atoms with Gasteiger partial charge in [0.2, 0.25) is 5.91 Å². The summed E-state index contributed by atoms with van der Waals surface area (Å²) in [5, 5.41) is 16.7. The fourth-order valence-corrected chi connectivity index (χ4v) is 1.94. The van der Waals surface area contributed by atoms with Crippen LogP contribution in [0.1, 0.15) is 12.0 Å². The van der Waals surface area contributed by atoms with Gasteiger partial charge in [0.1, 0.15) is 0 Å². The number of carbonyl (C=O) groups is 1. The Hall–Kier alpha value is -2.06. The molecule has 0 aliphatic carbocycles. The molecule has 1 amide bonds. The van der Waals surface area contributed by atoms with E-state index < -0.39 is 4.92 Å². The molecule has 0 fully saturated rings. The Kier molecular flexibility index (Phi) is 9.68. The number of nitro benzene ring substituents is 1. The molecule has 130 valence electrons. The van der Waals surface area contributed by atoms with Gasteiger partial charge in [-0.05, 0) is 19.5 Å².